The molecule has 1 heterocycles. The highest BCUT2D eigenvalue weighted by atomic mass is 28.4. The average molecular weight is 337 g/mol. The Morgan fingerprint density at radius 3 is 2.57 bits per heavy atom. The zero-order chi connectivity index (χ0) is 16.9. The second-order valence-electron chi connectivity index (χ2n) is 6.28. The van der Waals surface area contributed by atoms with E-state index in [2.05, 4.69) is 29.7 Å². The minimum absolute atomic E-state index is 0.285. The maximum atomic E-state index is 8.86. The van der Waals surface area contributed by atoms with Crippen LogP contribution in [0.1, 0.15) is 11.7 Å². The number of ether oxygens (including phenoxy) is 3. The normalized spacial score (nSPS) is 16.3. The molecule has 0 saturated carbocycles. The Kier molecular flexibility index (Phi) is 5.89. The molecule has 0 fully saturated rings. The molecular weight excluding hydrogens is 314 g/mol. The number of fused-ring (bicyclic) bond motifs is 1. The average Bonchev–Trinajstić information content (AvgIpc) is 2.51. The van der Waals surface area contributed by atoms with Crippen molar-refractivity contribution in [3.8, 4) is 11.5 Å². The molecular formula is C15H23N3O4Si. The first kappa shape index (κ1) is 17.6. The summed E-state index contributed by atoms with van der Waals surface area (Å²) in [5.74, 6) is 1.41. The van der Waals surface area contributed by atoms with E-state index in [1.54, 1.807) is 7.11 Å². The van der Waals surface area contributed by atoms with Crippen LogP contribution in [0.15, 0.2) is 23.3 Å². The Bertz CT molecular complexity index is 585. The molecule has 0 saturated heterocycles. The lowest BCUT2D eigenvalue weighted by atomic mass is 10.0. The highest BCUT2D eigenvalue weighted by Gasteiger charge is 2.30. The summed E-state index contributed by atoms with van der Waals surface area (Å²) >= 11 is 0. The van der Waals surface area contributed by atoms with Crippen molar-refractivity contribution in [2.45, 2.75) is 31.8 Å². The topological polar surface area (TPSA) is 85.7 Å². The third kappa shape index (κ3) is 4.87. The Morgan fingerprint density at radius 1 is 1.26 bits per heavy atom. The maximum Gasteiger partial charge on any atom is 0.184 e. The Morgan fingerprint density at radius 2 is 1.96 bits per heavy atom. The number of hydrogen-bond acceptors (Lipinski definition) is 5. The number of rotatable bonds is 7. The lowest BCUT2D eigenvalue weighted by Gasteiger charge is -2.31. The molecule has 0 spiro atoms. The fraction of sp³-hybridized carbons (Fsp3) is 0.600. The van der Waals surface area contributed by atoms with Crippen LogP contribution < -0.4 is 9.47 Å². The first-order valence-corrected chi connectivity index (χ1v) is 11.0. The number of benzene rings is 1. The molecule has 126 valence electrons. The van der Waals surface area contributed by atoms with Gasteiger partial charge in [-0.15, -0.1) is 0 Å². The molecule has 1 aromatic rings. The molecule has 2 unspecified atom stereocenters. The lowest BCUT2D eigenvalue weighted by Crippen LogP contribution is -2.34. The SMILES string of the molecule is COCC(N=[N+]=[N-])C(O[Si](C)(C)C)c1ccc2c(c1)OCCO2. The van der Waals surface area contributed by atoms with E-state index in [-0.39, 0.29) is 12.7 Å². The van der Waals surface area contributed by atoms with Crippen LogP contribution in [0, 0.1) is 0 Å². The van der Waals surface area contributed by atoms with E-state index in [0.717, 1.165) is 11.3 Å². The van der Waals surface area contributed by atoms with E-state index in [0.29, 0.717) is 19.0 Å². The van der Waals surface area contributed by atoms with Crippen molar-refractivity contribution >= 4 is 8.32 Å². The van der Waals surface area contributed by atoms with Crippen LogP contribution in [0.5, 0.6) is 11.5 Å². The van der Waals surface area contributed by atoms with Crippen LogP contribution >= 0.6 is 0 Å². The van der Waals surface area contributed by atoms with Crippen LogP contribution in [-0.4, -0.2) is 41.3 Å². The molecule has 0 N–H and O–H groups in total. The number of hydrogen-bond donors (Lipinski definition) is 0. The van der Waals surface area contributed by atoms with Crippen molar-refractivity contribution in [1.82, 2.24) is 0 Å². The molecule has 0 aliphatic carbocycles. The fourth-order valence-electron chi connectivity index (χ4n) is 2.40. The zero-order valence-corrected chi connectivity index (χ0v) is 15.0. The van der Waals surface area contributed by atoms with E-state index in [1.807, 2.05) is 18.2 Å². The van der Waals surface area contributed by atoms with Gasteiger partial charge in [-0.1, -0.05) is 11.2 Å². The van der Waals surface area contributed by atoms with Gasteiger partial charge in [-0.2, -0.15) is 0 Å². The molecule has 2 atom stereocenters. The summed E-state index contributed by atoms with van der Waals surface area (Å²) in [6.07, 6.45) is -0.381. The summed E-state index contributed by atoms with van der Waals surface area (Å²) in [6.45, 7) is 7.64. The Balaban J connectivity index is 2.37. The maximum absolute atomic E-state index is 8.86. The van der Waals surface area contributed by atoms with Gasteiger partial charge >= 0.3 is 0 Å². The van der Waals surface area contributed by atoms with Gasteiger partial charge in [-0.05, 0) is 42.9 Å². The van der Waals surface area contributed by atoms with Gasteiger partial charge in [0.15, 0.2) is 19.8 Å². The van der Waals surface area contributed by atoms with Gasteiger partial charge in [0.25, 0.3) is 0 Å². The van der Waals surface area contributed by atoms with Crippen molar-refractivity contribution in [2.75, 3.05) is 26.9 Å². The molecule has 0 radical (unpaired) electrons. The molecule has 2 rings (SSSR count). The van der Waals surface area contributed by atoms with Gasteiger partial charge in [0, 0.05) is 12.0 Å². The first-order chi connectivity index (χ1) is 10.9. The third-order valence-electron chi connectivity index (χ3n) is 3.26. The molecule has 0 aromatic heterocycles. The largest absolute Gasteiger partial charge is 0.486 e. The van der Waals surface area contributed by atoms with Crippen LogP contribution in [0.2, 0.25) is 19.6 Å². The summed E-state index contributed by atoms with van der Waals surface area (Å²) in [5, 5.41) is 3.87. The van der Waals surface area contributed by atoms with Crippen LogP contribution in [0.4, 0.5) is 0 Å². The Labute approximate surface area is 137 Å². The lowest BCUT2D eigenvalue weighted by molar-refractivity contribution is 0.0980. The molecule has 8 heteroatoms. The van der Waals surface area contributed by atoms with Crippen LogP contribution in [0.25, 0.3) is 10.4 Å². The van der Waals surface area contributed by atoms with Crippen molar-refractivity contribution in [2.24, 2.45) is 5.11 Å². The second kappa shape index (κ2) is 7.70. The predicted octanol–water partition coefficient (Wildman–Crippen LogP) is 3.68. The van der Waals surface area contributed by atoms with E-state index in [1.165, 1.54) is 0 Å². The minimum Gasteiger partial charge on any atom is -0.486 e. The quantitative estimate of drug-likeness (QED) is 0.329. The first-order valence-electron chi connectivity index (χ1n) is 7.55. The van der Waals surface area contributed by atoms with Gasteiger partial charge in [0.1, 0.15) is 13.2 Å². The summed E-state index contributed by atoms with van der Waals surface area (Å²) in [4.78, 5) is 2.94. The van der Waals surface area contributed by atoms with Gasteiger partial charge in [0.2, 0.25) is 0 Å². The summed E-state index contributed by atoms with van der Waals surface area (Å²) < 4.78 is 22.7. The van der Waals surface area contributed by atoms with Crippen molar-refractivity contribution in [3.05, 3.63) is 34.2 Å². The van der Waals surface area contributed by atoms with Crippen molar-refractivity contribution < 1.29 is 18.6 Å². The van der Waals surface area contributed by atoms with E-state index in [4.69, 9.17) is 24.2 Å². The molecule has 1 aromatic carbocycles. The summed E-state index contributed by atoms with van der Waals surface area (Å²) in [5.41, 5.74) is 9.76. The third-order valence-corrected chi connectivity index (χ3v) is 4.22. The summed E-state index contributed by atoms with van der Waals surface area (Å²) in [7, 11) is -0.292. The van der Waals surface area contributed by atoms with Crippen molar-refractivity contribution in [3.63, 3.8) is 0 Å². The Hall–Kier alpha value is -1.73. The standard InChI is InChI=1S/C15H23N3O4Si/c1-19-10-12(17-18-16)15(22-23(2,3)4)11-5-6-13-14(9-11)21-8-7-20-13/h5-6,9,12,15H,7-8,10H2,1-4H3. The number of methoxy groups -OCH3 is 1. The number of azide groups is 1. The molecule has 0 bridgehead atoms. The molecule has 1 aliphatic heterocycles. The monoisotopic (exact) mass is 337 g/mol. The summed E-state index contributed by atoms with van der Waals surface area (Å²) in [6, 6.07) is 5.24. The molecule has 23 heavy (non-hydrogen) atoms. The number of nitrogens with zero attached hydrogens (tertiary/aromatic N) is 3. The van der Waals surface area contributed by atoms with Crippen LogP contribution in [0.3, 0.4) is 0 Å². The van der Waals surface area contributed by atoms with Gasteiger partial charge in [0.05, 0.1) is 18.8 Å². The molecule has 7 nitrogen and oxygen atoms in total. The van der Waals surface area contributed by atoms with Crippen LogP contribution in [-0.2, 0) is 9.16 Å². The van der Waals surface area contributed by atoms with Gasteiger partial charge in [-0.25, -0.2) is 0 Å². The van der Waals surface area contributed by atoms with E-state index < -0.39 is 14.4 Å². The highest BCUT2D eigenvalue weighted by Crippen LogP contribution is 2.36. The van der Waals surface area contributed by atoms with Crippen molar-refractivity contribution in [1.29, 1.82) is 0 Å². The molecule has 1 aliphatic rings. The fourth-order valence-corrected chi connectivity index (χ4v) is 3.46. The zero-order valence-electron chi connectivity index (χ0n) is 14.0. The highest BCUT2D eigenvalue weighted by molar-refractivity contribution is 6.69. The molecule has 0 amide bonds. The van der Waals surface area contributed by atoms with Gasteiger partial charge < -0.3 is 18.6 Å². The van der Waals surface area contributed by atoms with E-state index in [9.17, 15) is 0 Å². The minimum atomic E-state index is -1.87. The second-order valence-corrected chi connectivity index (χ2v) is 10.7. The smallest absolute Gasteiger partial charge is 0.184 e. The van der Waals surface area contributed by atoms with E-state index >= 15 is 0 Å². The van der Waals surface area contributed by atoms with Gasteiger partial charge in [-0.3, -0.25) is 0 Å². The predicted molar refractivity (Wildman–Crippen MR) is 89.4 cm³/mol.